The van der Waals surface area contributed by atoms with E-state index in [-0.39, 0.29) is 5.56 Å². The molecular formula is C17H13NO4. The van der Waals surface area contributed by atoms with Gasteiger partial charge in [0, 0.05) is 23.3 Å². The number of benzene rings is 2. The van der Waals surface area contributed by atoms with Gasteiger partial charge in [0.15, 0.2) is 0 Å². The van der Waals surface area contributed by atoms with E-state index < -0.39 is 11.4 Å². The number of carboxylic acids is 1. The topological polar surface area (TPSA) is 68.5 Å². The Morgan fingerprint density at radius 1 is 1.14 bits per heavy atom. The van der Waals surface area contributed by atoms with Gasteiger partial charge in [0.2, 0.25) is 5.43 Å². The largest absolute Gasteiger partial charge is 0.497 e. The van der Waals surface area contributed by atoms with Crippen molar-refractivity contribution in [2.24, 2.45) is 0 Å². The Morgan fingerprint density at radius 2 is 1.86 bits per heavy atom. The van der Waals surface area contributed by atoms with E-state index >= 15 is 0 Å². The molecule has 0 fully saturated rings. The van der Waals surface area contributed by atoms with Crippen molar-refractivity contribution < 1.29 is 14.6 Å². The minimum atomic E-state index is -1.24. The summed E-state index contributed by atoms with van der Waals surface area (Å²) in [5, 5.41) is 9.60. The number of hydrogen-bond acceptors (Lipinski definition) is 3. The second kappa shape index (κ2) is 5.37. The number of rotatable bonds is 3. The molecule has 0 radical (unpaired) electrons. The maximum atomic E-state index is 12.3. The van der Waals surface area contributed by atoms with Crippen molar-refractivity contribution in [1.82, 2.24) is 4.57 Å². The minimum Gasteiger partial charge on any atom is -0.497 e. The molecule has 0 bridgehead atoms. The number of pyridine rings is 1. The lowest BCUT2D eigenvalue weighted by molar-refractivity contribution is 0.0695. The minimum absolute atomic E-state index is 0.262. The normalized spacial score (nSPS) is 10.6. The van der Waals surface area contributed by atoms with Crippen molar-refractivity contribution in [3.63, 3.8) is 0 Å². The highest BCUT2D eigenvalue weighted by atomic mass is 16.5. The Morgan fingerprint density at radius 3 is 2.50 bits per heavy atom. The van der Waals surface area contributed by atoms with Gasteiger partial charge >= 0.3 is 5.97 Å². The number of carbonyl (C=O) groups is 1. The molecule has 5 heteroatoms. The molecule has 0 saturated heterocycles. The molecule has 1 heterocycles. The maximum Gasteiger partial charge on any atom is 0.341 e. The van der Waals surface area contributed by atoms with Crippen LogP contribution < -0.4 is 10.2 Å². The quantitative estimate of drug-likeness (QED) is 0.806. The van der Waals surface area contributed by atoms with Gasteiger partial charge in [-0.05, 0) is 24.3 Å². The predicted octanol–water partition coefficient (Wildman–Crippen LogP) is 2.70. The van der Waals surface area contributed by atoms with Gasteiger partial charge in [-0.3, -0.25) is 4.79 Å². The number of methoxy groups -OCH3 is 1. The zero-order valence-corrected chi connectivity index (χ0v) is 11.8. The van der Waals surface area contributed by atoms with E-state index in [9.17, 15) is 14.7 Å². The zero-order chi connectivity index (χ0) is 15.7. The summed E-state index contributed by atoms with van der Waals surface area (Å²) in [5.41, 5.74) is 0.600. The molecule has 0 spiro atoms. The predicted molar refractivity (Wildman–Crippen MR) is 83.1 cm³/mol. The van der Waals surface area contributed by atoms with Crippen LogP contribution in [0.2, 0.25) is 0 Å². The van der Waals surface area contributed by atoms with Crippen LogP contribution in [0.3, 0.4) is 0 Å². The summed E-state index contributed by atoms with van der Waals surface area (Å²) in [4.78, 5) is 23.7. The molecule has 110 valence electrons. The molecule has 22 heavy (non-hydrogen) atoms. The van der Waals surface area contributed by atoms with Gasteiger partial charge in [-0.15, -0.1) is 0 Å². The van der Waals surface area contributed by atoms with Crippen molar-refractivity contribution >= 4 is 16.9 Å². The van der Waals surface area contributed by atoms with Crippen LogP contribution >= 0.6 is 0 Å². The molecule has 1 aromatic heterocycles. The molecule has 2 aromatic carbocycles. The van der Waals surface area contributed by atoms with Crippen LogP contribution in [0.25, 0.3) is 16.6 Å². The van der Waals surface area contributed by atoms with Gasteiger partial charge in [-0.25, -0.2) is 4.79 Å². The highest BCUT2D eigenvalue weighted by Gasteiger charge is 2.15. The smallest absolute Gasteiger partial charge is 0.341 e. The van der Waals surface area contributed by atoms with Crippen LogP contribution in [-0.2, 0) is 0 Å². The number of carboxylic acid groups (broad SMARTS) is 1. The third-order valence-corrected chi connectivity index (χ3v) is 3.48. The summed E-state index contributed by atoms with van der Waals surface area (Å²) >= 11 is 0. The number of fused-ring (bicyclic) bond motifs is 1. The van der Waals surface area contributed by atoms with Crippen LogP contribution in [0, 0.1) is 0 Å². The summed E-state index contributed by atoms with van der Waals surface area (Å²) in [6.07, 6.45) is 1.35. The maximum absolute atomic E-state index is 12.3. The van der Waals surface area contributed by atoms with Crippen LogP contribution in [0.5, 0.6) is 5.75 Å². The molecule has 0 atom stereocenters. The standard InChI is InChI=1S/C17H13NO4/c1-22-12-7-8-13-15(9-12)18(11-5-3-2-4-6-11)10-14(16(13)19)17(20)21/h2-10H,1H3,(H,20,21). The number of para-hydroxylation sites is 1. The van der Waals surface area contributed by atoms with E-state index in [1.54, 1.807) is 22.8 Å². The first kappa shape index (κ1) is 13.9. The first-order chi connectivity index (χ1) is 10.6. The molecule has 0 aliphatic rings. The first-order valence-electron chi connectivity index (χ1n) is 6.64. The van der Waals surface area contributed by atoms with Crippen LogP contribution in [0.15, 0.2) is 59.5 Å². The lowest BCUT2D eigenvalue weighted by Crippen LogP contribution is -2.18. The van der Waals surface area contributed by atoms with E-state index in [0.717, 1.165) is 5.69 Å². The summed E-state index contributed by atoms with van der Waals surface area (Å²) in [6, 6.07) is 14.2. The van der Waals surface area contributed by atoms with Gasteiger partial charge in [0.05, 0.1) is 12.6 Å². The SMILES string of the molecule is COc1ccc2c(=O)c(C(=O)O)cn(-c3ccccc3)c2c1. The van der Waals surface area contributed by atoms with Crippen molar-refractivity contribution in [3.05, 3.63) is 70.5 Å². The Bertz CT molecular complexity index is 913. The third-order valence-electron chi connectivity index (χ3n) is 3.48. The van der Waals surface area contributed by atoms with Crippen molar-refractivity contribution in [2.45, 2.75) is 0 Å². The molecule has 3 aromatic rings. The second-order valence-corrected chi connectivity index (χ2v) is 4.77. The van der Waals surface area contributed by atoms with Gasteiger partial charge in [0.1, 0.15) is 11.3 Å². The molecule has 3 rings (SSSR count). The fourth-order valence-corrected chi connectivity index (χ4v) is 2.39. The highest BCUT2D eigenvalue weighted by molar-refractivity contribution is 5.93. The van der Waals surface area contributed by atoms with Gasteiger partial charge < -0.3 is 14.4 Å². The van der Waals surface area contributed by atoms with E-state index in [0.29, 0.717) is 16.7 Å². The number of aromatic nitrogens is 1. The van der Waals surface area contributed by atoms with Gasteiger partial charge in [0.25, 0.3) is 0 Å². The molecule has 0 saturated carbocycles. The van der Waals surface area contributed by atoms with Crippen LogP contribution in [-0.4, -0.2) is 22.8 Å². The Balaban J connectivity index is 2.45. The van der Waals surface area contributed by atoms with Gasteiger partial charge in [-0.2, -0.15) is 0 Å². The summed E-state index contributed by atoms with van der Waals surface area (Å²) in [6.45, 7) is 0. The molecule has 0 amide bonds. The summed E-state index contributed by atoms with van der Waals surface area (Å²) in [5.74, 6) is -0.646. The molecule has 1 N–H and O–H groups in total. The fourth-order valence-electron chi connectivity index (χ4n) is 2.39. The van der Waals surface area contributed by atoms with Crippen molar-refractivity contribution in [2.75, 3.05) is 7.11 Å². The molecular weight excluding hydrogens is 282 g/mol. The van der Waals surface area contributed by atoms with E-state index in [2.05, 4.69) is 0 Å². The first-order valence-corrected chi connectivity index (χ1v) is 6.64. The number of nitrogens with zero attached hydrogens (tertiary/aromatic N) is 1. The van der Waals surface area contributed by atoms with E-state index in [1.807, 2.05) is 30.3 Å². The molecule has 5 nitrogen and oxygen atoms in total. The van der Waals surface area contributed by atoms with Crippen molar-refractivity contribution in [1.29, 1.82) is 0 Å². The lowest BCUT2D eigenvalue weighted by atomic mass is 10.1. The molecule has 0 aliphatic heterocycles. The number of hydrogen-bond donors (Lipinski definition) is 1. The Labute approximate surface area is 126 Å². The van der Waals surface area contributed by atoms with Crippen LogP contribution in [0.4, 0.5) is 0 Å². The van der Waals surface area contributed by atoms with E-state index in [1.165, 1.54) is 13.3 Å². The lowest BCUT2D eigenvalue weighted by Gasteiger charge is -2.13. The Kier molecular flexibility index (Phi) is 3.39. The van der Waals surface area contributed by atoms with Gasteiger partial charge in [-0.1, -0.05) is 18.2 Å². The molecule has 0 unspecified atom stereocenters. The fraction of sp³-hybridized carbons (Fsp3) is 0.0588. The number of aromatic carboxylic acids is 1. The average Bonchev–Trinajstić information content (AvgIpc) is 2.55. The highest BCUT2D eigenvalue weighted by Crippen LogP contribution is 2.22. The zero-order valence-electron chi connectivity index (χ0n) is 11.8. The summed E-state index contributed by atoms with van der Waals surface area (Å²) < 4.78 is 6.88. The van der Waals surface area contributed by atoms with Crippen molar-refractivity contribution in [3.8, 4) is 11.4 Å². The third kappa shape index (κ3) is 2.22. The number of ether oxygens (including phenoxy) is 1. The second-order valence-electron chi connectivity index (χ2n) is 4.77. The van der Waals surface area contributed by atoms with E-state index in [4.69, 9.17) is 4.74 Å². The van der Waals surface area contributed by atoms with Crippen LogP contribution in [0.1, 0.15) is 10.4 Å². The molecule has 0 aliphatic carbocycles. The average molecular weight is 295 g/mol. The Hall–Kier alpha value is -3.08. The summed E-state index contributed by atoms with van der Waals surface area (Å²) in [7, 11) is 1.54. The monoisotopic (exact) mass is 295 g/mol.